The predicted octanol–water partition coefficient (Wildman–Crippen LogP) is 1.15. The van der Waals surface area contributed by atoms with Crippen LogP contribution in [0.2, 0.25) is 0 Å². The van der Waals surface area contributed by atoms with Crippen LogP contribution in [0.5, 0.6) is 0 Å². The van der Waals surface area contributed by atoms with Crippen LogP contribution < -0.4 is 4.90 Å². The molecule has 1 aromatic rings. The second-order valence-corrected chi connectivity index (χ2v) is 6.03. The summed E-state index contributed by atoms with van der Waals surface area (Å²) in [6.45, 7) is 1.13. The smallest absolute Gasteiger partial charge is 0.269 e. The summed E-state index contributed by atoms with van der Waals surface area (Å²) in [5.41, 5.74) is 0.858. The summed E-state index contributed by atoms with van der Waals surface area (Å²) in [5.74, 6) is 0. The molecule has 0 amide bonds. The summed E-state index contributed by atoms with van der Waals surface area (Å²) in [6.07, 6.45) is 1.29. The fraction of sp³-hybridized carbons (Fsp3) is 0.455. The van der Waals surface area contributed by atoms with E-state index >= 15 is 0 Å². The fourth-order valence-electron chi connectivity index (χ4n) is 2.07. The van der Waals surface area contributed by atoms with E-state index in [0.29, 0.717) is 19.5 Å². The van der Waals surface area contributed by atoms with E-state index in [4.69, 9.17) is 4.18 Å². The molecule has 2 rings (SSSR count). The van der Waals surface area contributed by atoms with Crippen molar-refractivity contribution in [3.8, 4) is 0 Å². The SMILES string of the molecule is CS(=O)(=O)O[C@@H]1CCN(c2ccc([N+](=O)[O-])cc2)C1. The monoisotopic (exact) mass is 286 g/mol. The Labute approximate surface area is 111 Å². The Kier molecular flexibility index (Phi) is 3.72. The van der Waals surface area contributed by atoms with Gasteiger partial charge in [0.1, 0.15) is 0 Å². The van der Waals surface area contributed by atoms with Crippen LogP contribution in [0.1, 0.15) is 6.42 Å². The van der Waals surface area contributed by atoms with E-state index in [1.54, 1.807) is 12.1 Å². The summed E-state index contributed by atoms with van der Waals surface area (Å²) in [5, 5.41) is 10.5. The number of hydrogen-bond acceptors (Lipinski definition) is 6. The Bertz CT molecular complexity index is 569. The van der Waals surface area contributed by atoms with Crippen molar-refractivity contribution < 1.29 is 17.5 Å². The van der Waals surface area contributed by atoms with Gasteiger partial charge in [0.05, 0.1) is 17.3 Å². The van der Waals surface area contributed by atoms with Crippen LogP contribution in [-0.4, -0.2) is 38.8 Å². The molecule has 19 heavy (non-hydrogen) atoms. The van der Waals surface area contributed by atoms with Crippen molar-refractivity contribution in [1.29, 1.82) is 0 Å². The van der Waals surface area contributed by atoms with Crippen molar-refractivity contribution in [3.05, 3.63) is 34.4 Å². The molecule has 1 heterocycles. The molecule has 1 aromatic carbocycles. The Hall–Kier alpha value is -1.67. The van der Waals surface area contributed by atoms with Gasteiger partial charge >= 0.3 is 0 Å². The third-order valence-corrected chi connectivity index (χ3v) is 3.50. The molecule has 0 aromatic heterocycles. The topological polar surface area (TPSA) is 89.8 Å². The van der Waals surface area contributed by atoms with Crippen molar-refractivity contribution >= 4 is 21.5 Å². The van der Waals surface area contributed by atoms with Gasteiger partial charge in [0.2, 0.25) is 0 Å². The number of nitro groups is 1. The lowest BCUT2D eigenvalue weighted by molar-refractivity contribution is -0.384. The maximum atomic E-state index is 11.0. The molecule has 0 aliphatic carbocycles. The number of anilines is 1. The van der Waals surface area contributed by atoms with Gasteiger partial charge in [-0.15, -0.1) is 0 Å². The van der Waals surface area contributed by atoms with E-state index in [0.717, 1.165) is 11.9 Å². The Balaban J connectivity index is 2.02. The van der Waals surface area contributed by atoms with Gasteiger partial charge in [-0.25, -0.2) is 0 Å². The zero-order valence-corrected chi connectivity index (χ0v) is 11.2. The highest BCUT2D eigenvalue weighted by Gasteiger charge is 2.26. The standard InChI is InChI=1S/C11H14N2O5S/c1-19(16,17)18-11-6-7-12(8-11)9-2-4-10(5-3-9)13(14)15/h2-5,11H,6-8H2,1H3/t11-/m1/s1. The Morgan fingerprint density at radius 2 is 2.00 bits per heavy atom. The van der Waals surface area contributed by atoms with Gasteiger partial charge in [-0.2, -0.15) is 8.42 Å². The maximum absolute atomic E-state index is 11.0. The van der Waals surface area contributed by atoms with Crippen LogP contribution in [0.3, 0.4) is 0 Å². The summed E-state index contributed by atoms with van der Waals surface area (Å²) < 4.78 is 27.0. The van der Waals surface area contributed by atoms with Crippen LogP contribution in [0, 0.1) is 10.1 Å². The van der Waals surface area contributed by atoms with Crippen molar-refractivity contribution in [2.45, 2.75) is 12.5 Å². The molecule has 0 radical (unpaired) electrons. The van der Waals surface area contributed by atoms with Gasteiger partial charge in [0, 0.05) is 30.9 Å². The number of nitro benzene ring substituents is 1. The van der Waals surface area contributed by atoms with Crippen LogP contribution in [0.4, 0.5) is 11.4 Å². The third-order valence-electron chi connectivity index (χ3n) is 2.88. The lowest BCUT2D eigenvalue weighted by Crippen LogP contribution is -2.24. The molecular weight excluding hydrogens is 272 g/mol. The molecule has 1 aliphatic rings. The molecule has 0 bridgehead atoms. The first-order chi connectivity index (χ1) is 8.85. The average molecular weight is 286 g/mol. The molecule has 1 aliphatic heterocycles. The molecule has 1 atom stereocenters. The molecule has 1 fully saturated rings. The Morgan fingerprint density at radius 1 is 1.37 bits per heavy atom. The summed E-state index contributed by atoms with van der Waals surface area (Å²) in [7, 11) is -3.45. The van der Waals surface area contributed by atoms with Gasteiger partial charge < -0.3 is 4.90 Å². The van der Waals surface area contributed by atoms with E-state index < -0.39 is 15.0 Å². The maximum Gasteiger partial charge on any atom is 0.269 e. The first kappa shape index (κ1) is 13.8. The molecule has 7 nitrogen and oxygen atoms in total. The molecule has 104 valence electrons. The molecule has 0 N–H and O–H groups in total. The quantitative estimate of drug-likeness (QED) is 0.468. The lowest BCUT2D eigenvalue weighted by Gasteiger charge is -2.18. The van der Waals surface area contributed by atoms with E-state index in [9.17, 15) is 18.5 Å². The highest BCUT2D eigenvalue weighted by Crippen LogP contribution is 2.24. The van der Waals surface area contributed by atoms with E-state index in [1.807, 2.05) is 4.90 Å². The van der Waals surface area contributed by atoms with Gasteiger partial charge in [-0.1, -0.05) is 0 Å². The van der Waals surface area contributed by atoms with Crippen molar-refractivity contribution in [1.82, 2.24) is 0 Å². The van der Waals surface area contributed by atoms with Gasteiger partial charge in [0.15, 0.2) is 0 Å². The zero-order chi connectivity index (χ0) is 14.0. The minimum atomic E-state index is -3.45. The van der Waals surface area contributed by atoms with Crippen LogP contribution >= 0.6 is 0 Å². The predicted molar refractivity (Wildman–Crippen MR) is 69.6 cm³/mol. The largest absolute Gasteiger partial charge is 0.369 e. The second kappa shape index (κ2) is 5.14. The van der Waals surface area contributed by atoms with Gasteiger partial charge in [0.25, 0.3) is 15.8 Å². The summed E-state index contributed by atoms with van der Waals surface area (Å²) >= 11 is 0. The van der Waals surface area contributed by atoms with Crippen LogP contribution in [-0.2, 0) is 14.3 Å². The van der Waals surface area contributed by atoms with E-state index in [2.05, 4.69) is 0 Å². The summed E-state index contributed by atoms with van der Waals surface area (Å²) in [6, 6.07) is 6.17. The third kappa shape index (κ3) is 3.65. The average Bonchev–Trinajstić information content (AvgIpc) is 2.75. The number of non-ortho nitro benzene ring substituents is 1. The fourth-order valence-corrected chi connectivity index (χ4v) is 2.73. The van der Waals surface area contributed by atoms with Gasteiger partial charge in [-0.05, 0) is 18.6 Å². The minimum Gasteiger partial charge on any atom is -0.369 e. The first-order valence-electron chi connectivity index (χ1n) is 5.73. The highest BCUT2D eigenvalue weighted by atomic mass is 32.2. The van der Waals surface area contributed by atoms with E-state index in [1.165, 1.54) is 12.1 Å². The normalized spacial score (nSPS) is 19.6. The first-order valence-corrected chi connectivity index (χ1v) is 7.54. The van der Waals surface area contributed by atoms with Crippen molar-refractivity contribution in [2.75, 3.05) is 24.2 Å². The Morgan fingerprint density at radius 3 is 2.53 bits per heavy atom. The number of rotatable bonds is 4. The van der Waals surface area contributed by atoms with Crippen LogP contribution in [0.25, 0.3) is 0 Å². The lowest BCUT2D eigenvalue weighted by atomic mass is 10.2. The van der Waals surface area contributed by atoms with Gasteiger partial charge in [-0.3, -0.25) is 14.3 Å². The van der Waals surface area contributed by atoms with Crippen LogP contribution in [0.15, 0.2) is 24.3 Å². The molecule has 0 saturated carbocycles. The molecule has 0 spiro atoms. The van der Waals surface area contributed by atoms with E-state index in [-0.39, 0.29) is 11.8 Å². The second-order valence-electron chi connectivity index (χ2n) is 4.43. The minimum absolute atomic E-state index is 0.0342. The molecule has 1 saturated heterocycles. The molecular formula is C11H14N2O5S. The van der Waals surface area contributed by atoms with Crippen molar-refractivity contribution in [2.24, 2.45) is 0 Å². The molecule has 0 unspecified atom stereocenters. The number of nitrogens with zero attached hydrogens (tertiary/aromatic N) is 2. The zero-order valence-electron chi connectivity index (χ0n) is 10.4. The number of hydrogen-bond donors (Lipinski definition) is 0. The highest BCUT2D eigenvalue weighted by molar-refractivity contribution is 7.86. The molecule has 8 heteroatoms. The summed E-state index contributed by atoms with van der Waals surface area (Å²) in [4.78, 5) is 12.0. The van der Waals surface area contributed by atoms with Crippen molar-refractivity contribution in [3.63, 3.8) is 0 Å². The number of benzene rings is 1.